The molecule has 1 aromatic carbocycles. The van der Waals surface area contributed by atoms with E-state index in [4.69, 9.17) is 0 Å². The van der Waals surface area contributed by atoms with E-state index in [1.807, 2.05) is 30.3 Å². The minimum atomic E-state index is -0.707. The highest BCUT2D eigenvalue weighted by molar-refractivity contribution is 5.92. The molecule has 0 radical (unpaired) electrons. The van der Waals surface area contributed by atoms with Gasteiger partial charge in [-0.1, -0.05) is 36.4 Å². The topological polar surface area (TPSA) is 62.2 Å². The van der Waals surface area contributed by atoms with Crippen LogP contribution in [0.5, 0.6) is 0 Å². The van der Waals surface area contributed by atoms with Crippen molar-refractivity contribution in [2.24, 2.45) is 0 Å². The van der Waals surface area contributed by atoms with Crippen molar-refractivity contribution in [2.45, 2.75) is 12.5 Å². The van der Waals surface area contributed by atoms with Gasteiger partial charge in [0.1, 0.15) is 5.69 Å². The predicted octanol–water partition coefficient (Wildman–Crippen LogP) is 1.55. The Morgan fingerprint density at radius 3 is 2.60 bits per heavy atom. The number of amides is 1. The number of hydrogen-bond acceptors (Lipinski definition) is 3. The minimum absolute atomic E-state index is 0.00323. The van der Waals surface area contributed by atoms with E-state index in [2.05, 4.69) is 10.3 Å². The molecule has 5 heteroatoms. The minimum Gasteiger partial charge on any atom is -0.394 e. The van der Waals surface area contributed by atoms with Gasteiger partial charge in [0.15, 0.2) is 0 Å². The summed E-state index contributed by atoms with van der Waals surface area (Å²) in [6, 6.07) is 13.1. The Labute approximate surface area is 116 Å². The number of halogens is 1. The Balaban J connectivity index is 2.01. The van der Waals surface area contributed by atoms with Gasteiger partial charge in [-0.15, -0.1) is 0 Å². The van der Waals surface area contributed by atoms with Gasteiger partial charge in [0.2, 0.25) is 5.95 Å². The van der Waals surface area contributed by atoms with Crippen LogP contribution in [0.4, 0.5) is 4.39 Å². The molecular weight excluding hydrogens is 259 g/mol. The van der Waals surface area contributed by atoms with Crippen molar-refractivity contribution < 1.29 is 14.3 Å². The third-order valence-electron chi connectivity index (χ3n) is 2.83. The van der Waals surface area contributed by atoms with Crippen molar-refractivity contribution in [1.82, 2.24) is 10.3 Å². The number of aromatic nitrogens is 1. The Morgan fingerprint density at radius 2 is 1.95 bits per heavy atom. The summed E-state index contributed by atoms with van der Waals surface area (Å²) < 4.78 is 13.0. The molecule has 0 aliphatic heterocycles. The number of hydrogen-bond donors (Lipinski definition) is 2. The largest absolute Gasteiger partial charge is 0.394 e. The maximum atomic E-state index is 13.0. The molecular formula is C15H15FN2O2. The molecule has 20 heavy (non-hydrogen) atoms. The number of rotatable bonds is 5. The molecule has 1 aromatic heterocycles. The molecule has 0 unspecified atom stereocenters. The van der Waals surface area contributed by atoms with Crippen LogP contribution in [0, 0.1) is 5.95 Å². The molecule has 2 aromatic rings. The van der Waals surface area contributed by atoms with Crippen molar-refractivity contribution in [1.29, 1.82) is 0 Å². The van der Waals surface area contributed by atoms with E-state index in [9.17, 15) is 14.3 Å². The third kappa shape index (κ3) is 3.86. The standard InChI is InChI=1S/C15H15FN2O2/c16-14-8-4-7-13(18-14)15(20)17-12(10-19)9-11-5-2-1-3-6-11/h1-8,12,19H,9-10H2,(H,17,20)/t12-/m0/s1. The van der Waals surface area contributed by atoms with Gasteiger partial charge in [-0.25, -0.2) is 4.98 Å². The fourth-order valence-corrected chi connectivity index (χ4v) is 1.85. The van der Waals surface area contributed by atoms with Gasteiger partial charge in [-0.2, -0.15) is 4.39 Å². The lowest BCUT2D eigenvalue weighted by atomic mass is 10.1. The number of aliphatic hydroxyl groups is 1. The molecule has 104 valence electrons. The van der Waals surface area contributed by atoms with Gasteiger partial charge in [-0.3, -0.25) is 4.79 Å². The summed E-state index contributed by atoms with van der Waals surface area (Å²) in [5, 5.41) is 12.0. The first-order chi connectivity index (χ1) is 9.69. The summed E-state index contributed by atoms with van der Waals surface area (Å²) in [6.45, 7) is -0.198. The first-order valence-corrected chi connectivity index (χ1v) is 6.27. The summed E-state index contributed by atoms with van der Waals surface area (Å²) in [6.07, 6.45) is 0.498. The van der Waals surface area contributed by atoms with Gasteiger partial charge in [0, 0.05) is 0 Å². The number of nitrogens with zero attached hydrogens (tertiary/aromatic N) is 1. The fourth-order valence-electron chi connectivity index (χ4n) is 1.85. The molecule has 1 atom stereocenters. The van der Waals surface area contributed by atoms with Crippen molar-refractivity contribution in [3.63, 3.8) is 0 Å². The highest BCUT2D eigenvalue weighted by Crippen LogP contribution is 2.04. The van der Waals surface area contributed by atoms with Gasteiger partial charge in [-0.05, 0) is 24.1 Å². The number of carbonyl (C=O) groups excluding carboxylic acids is 1. The highest BCUT2D eigenvalue weighted by atomic mass is 19.1. The lowest BCUT2D eigenvalue weighted by Crippen LogP contribution is -2.39. The molecule has 0 spiro atoms. The molecule has 0 bridgehead atoms. The monoisotopic (exact) mass is 274 g/mol. The summed E-state index contributed by atoms with van der Waals surface area (Å²) in [4.78, 5) is 15.4. The van der Waals surface area contributed by atoms with E-state index in [1.165, 1.54) is 18.2 Å². The smallest absolute Gasteiger partial charge is 0.270 e. The zero-order valence-corrected chi connectivity index (χ0v) is 10.8. The van der Waals surface area contributed by atoms with E-state index in [0.29, 0.717) is 6.42 Å². The SMILES string of the molecule is O=C(N[C@H](CO)Cc1ccccc1)c1cccc(F)n1. The molecule has 0 aliphatic carbocycles. The second-order valence-electron chi connectivity index (χ2n) is 4.39. The molecule has 0 fully saturated rings. The van der Waals surface area contributed by atoms with Crippen LogP contribution >= 0.6 is 0 Å². The number of aliphatic hydroxyl groups excluding tert-OH is 1. The van der Waals surface area contributed by atoms with Crippen LogP contribution in [0.25, 0.3) is 0 Å². The molecule has 0 saturated carbocycles. The van der Waals surface area contributed by atoms with Crippen molar-refractivity contribution in [3.8, 4) is 0 Å². The predicted molar refractivity (Wildman–Crippen MR) is 72.7 cm³/mol. The summed E-state index contributed by atoms with van der Waals surface area (Å²) in [5.41, 5.74) is 0.996. The van der Waals surface area contributed by atoms with Crippen LogP contribution in [0.3, 0.4) is 0 Å². The average molecular weight is 274 g/mol. The first kappa shape index (κ1) is 14.1. The van der Waals surface area contributed by atoms with Gasteiger partial charge in [0.05, 0.1) is 12.6 Å². The summed E-state index contributed by atoms with van der Waals surface area (Å²) in [5.74, 6) is -1.21. The van der Waals surface area contributed by atoms with Gasteiger partial charge >= 0.3 is 0 Å². The first-order valence-electron chi connectivity index (χ1n) is 6.27. The summed E-state index contributed by atoms with van der Waals surface area (Å²) >= 11 is 0. The van der Waals surface area contributed by atoms with Crippen LogP contribution in [-0.4, -0.2) is 28.6 Å². The zero-order valence-electron chi connectivity index (χ0n) is 10.8. The Kier molecular flexibility index (Phi) is 4.79. The third-order valence-corrected chi connectivity index (χ3v) is 2.83. The Hall–Kier alpha value is -2.27. The van der Waals surface area contributed by atoms with E-state index in [0.717, 1.165) is 5.56 Å². The van der Waals surface area contributed by atoms with Crippen LogP contribution in [0.1, 0.15) is 16.1 Å². The number of carbonyl (C=O) groups is 1. The molecule has 1 heterocycles. The Bertz CT molecular complexity index is 575. The van der Waals surface area contributed by atoms with Crippen LogP contribution in [0.15, 0.2) is 48.5 Å². The number of pyridine rings is 1. The summed E-state index contributed by atoms with van der Waals surface area (Å²) in [7, 11) is 0. The molecule has 2 rings (SSSR count). The molecule has 4 nitrogen and oxygen atoms in total. The lowest BCUT2D eigenvalue weighted by molar-refractivity contribution is 0.0910. The second kappa shape index (κ2) is 6.77. The Morgan fingerprint density at radius 1 is 1.20 bits per heavy atom. The van der Waals surface area contributed by atoms with E-state index in [1.54, 1.807) is 0 Å². The van der Waals surface area contributed by atoms with Crippen molar-refractivity contribution in [2.75, 3.05) is 6.61 Å². The van der Waals surface area contributed by atoms with Gasteiger partial charge in [0.25, 0.3) is 5.91 Å². The van der Waals surface area contributed by atoms with E-state index < -0.39 is 17.9 Å². The van der Waals surface area contributed by atoms with E-state index >= 15 is 0 Å². The maximum absolute atomic E-state index is 13.0. The quantitative estimate of drug-likeness (QED) is 0.813. The van der Waals surface area contributed by atoms with E-state index in [-0.39, 0.29) is 12.3 Å². The fraction of sp³-hybridized carbons (Fsp3) is 0.200. The van der Waals surface area contributed by atoms with Gasteiger partial charge < -0.3 is 10.4 Å². The zero-order chi connectivity index (χ0) is 14.4. The lowest BCUT2D eigenvalue weighted by Gasteiger charge is -2.16. The average Bonchev–Trinajstić information content (AvgIpc) is 2.47. The molecule has 0 aliphatic rings. The second-order valence-corrected chi connectivity index (χ2v) is 4.39. The number of benzene rings is 1. The molecule has 2 N–H and O–H groups in total. The molecule has 1 amide bonds. The number of nitrogens with one attached hydrogen (secondary N) is 1. The maximum Gasteiger partial charge on any atom is 0.270 e. The van der Waals surface area contributed by atoms with Crippen LogP contribution in [0.2, 0.25) is 0 Å². The van der Waals surface area contributed by atoms with Crippen molar-refractivity contribution in [3.05, 3.63) is 65.7 Å². The van der Waals surface area contributed by atoms with Crippen LogP contribution < -0.4 is 5.32 Å². The van der Waals surface area contributed by atoms with Crippen LogP contribution in [-0.2, 0) is 6.42 Å². The normalized spacial score (nSPS) is 11.9. The highest BCUT2D eigenvalue weighted by Gasteiger charge is 2.14. The molecule has 0 saturated heterocycles. The van der Waals surface area contributed by atoms with Crippen molar-refractivity contribution >= 4 is 5.91 Å².